The first-order valence-corrected chi connectivity index (χ1v) is 9.32. The molecule has 4 rings (SSSR count). The van der Waals surface area contributed by atoms with Crippen LogP contribution in [0, 0.1) is 13.8 Å². The van der Waals surface area contributed by atoms with Crippen LogP contribution < -0.4 is 4.90 Å². The molecule has 0 aromatic carbocycles. The van der Waals surface area contributed by atoms with Crippen molar-refractivity contribution in [1.29, 1.82) is 0 Å². The lowest BCUT2D eigenvalue weighted by atomic mass is 10.1. The third-order valence-electron chi connectivity index (χ3n) is 5.24. The van der Waals surface area contributed by atoms with Crippen molar-refractivity contribution in [1.82, 2.24) is 29.4 Å². The topological polar surface area (TPSA) is 64.1 Å². The fraction of sp³-hybridized carbons (Fsp3) is 0.556. The SMILES string of the molecule is Cc1nc2c(C(F)(F)F)cc(CCc3nc(N4CCCC4)nn3C)nn2c1C. The Balaban J connectivity index is 1.62. The van der Waals surface area contributed by atoms with E-state index in [0.717, 1.165) is 37.8 Å². The highest BCUT2D eigenvalue weighted by Gasteiger charge is 2.35. The van der Waals surface area contributed by atoms with Crippen molar-refractivity contribution in [3.63, 3.8) is 0 Å². The van der Waals surface area contributed by atoms with E-state index in [9.17, 15) is 13.2 Å². The summed E-state index contributed by atoms with van der Waals surface area (Å²) < 4.78 is 43.6. The fourth-order valence-corrected chi connectivity index (χ4v) is 3.53. The van der Waals surface area contributed by atoms with E-state index in [1.54, 1.807) is 18.5 Å². The van der Waals surface area contributed by atoms with Crippen LogP contribution in [0.3, 0.4) is 0 Å². The summed E-state index contributed by atoms with van der Waals surface area (Å²) in [5, 5.41) is 8.83. The van der Waals surface area contributed by atoms with Crippen molar-refractivity contribution in [2.75, 3.05) is 18.0 Å². The van der Waals surface area contributed by atoms with Crippen molar-refractivity contribution < 1.29 is 13.2 Å². The van der Waals surface area contributed by atoms with Gasteiger partial charge in [0.2, 0.25) is 5.95 Å². The van der Waals surface area contributed by atoms with Gasteiger partial charge < -0.3 is 4.90 Å². The molecule has 0 unspecified atom stereocenters. The number of nitrogens with zero attached hydrogens (tertiary/aromatic N) is 7. The second-order valence-corrected chi connectivity index (χ2v) is 7.21. The Kier molecular flexibility index (Phi) is 4.51. The minimum Gasteiger partial charge on any atom is -0.340 e. The molecule has 3 aromatic heterocycles. The summed E-state index contributed by atoms with van der Waals surface area (Å²) in [6, 6.07) is 1.10. The molecule has 1 saturated heterocycles. The minimum atomic E-state index is -4.49. The van der Waals surface area contributed by atoms with Gasteiger partial charge in [0, 0.05) is 26.6 Å². The Labute approximate surface area is 160 Å². The number of aromatic nitrogens is 6. The molecule has 150 valence electrons. The number of hydrogen-bond acceptors (Lipinski definition) is 5. The molecule has 0 radical (unpaired) electrons. The Morgan fingerprint density at radius 1 is 1.04 bits per heavy atom. The number of anilines is 1. The first-order valence-electron chi connectivity index (χ1n) is 9.32. The van der Waals surface area contributed by atoms with Crippen molar-refractivity contribution >= 4 is 11.6 Å². The first-order chi connectivity index (χ1) is 13.2. The van der Waals surface area contributed by atoms with Crippen LogP contribution in [0.25, 0.3) is 5.65 Å². The van der Waals surface area contributed by atoms with Gasteiger partial charge in [0.15, 0.2) is 5.65 Å². The summed E-state index contributed by atoms with van der Waals surface area (Å²) in [6.45, 7) is 5.28. The molecule has 0 saturated carbocycles. The number of aryl methyl sites for hydroxylation is 5. The van der Waals surface area contributed by atoms with Gasteiger partial charge in [-0.05, 0) is 39.2 Å². The van der Waals surface area contributed by atoms with Crippen LogP contribution >= 0.6 is 0 Å². The summed E-state index contributed by atoms with van der Waals surface area (Å²) in [4.78, 5) is 10.8. The fourth-order valence-electron chi connectivity index (χ4n) is 3.53. The molecule has 4 heterocycles. The number of alkyl halides is 3. The van der Waals surface area contributed by atoms with Gasteiger partial charge in [-0.25, -0.2) is 9.50 Å². The highest BCUT2D eigenvalue weighted by Crippen LogP contribution is 2.33. The average molecular weight is 393 g/mol. The molecule has 10 heteroatoms. The van der Waals surface area contributed by atoms with E-state index in [-0.39, 0.29) is 5.65 Å². The lowest BCUT2D eigenvalue weighted by Gasteiger charge is -2.11. The lowest BCUT2D eigenvalue weighted by Crippen LogP contribution is -2.19. The molecule has 3 aromatic rings. The van der Waals surface area contributed by atoms with Crippen molar-refractivity contribution in [3.8, 4) is 0 Å². The van der Waals surface area contributed by atoms with Crippen LogP contribution in [0.4, 0.5) is 19.1 Å². The Bertz CT molecular complexity index is 1010. The van der Waals surface area contributed by atoms with Gasteiger partial charge in [0.05, 0.1) is 17.1 Å². The van der Waals surface area contributed by atoms with Gasteiger partial charge >= 0.3 is 6.18 Å². The summed E-state index contributed by atoms with van der Waals surface area (Å²) in [5.74, 6) is 1.42. The molecular weight excluding hydrogens is 371 g/mol. The van der Waals surface area contributed by atoms with Crippen LogP contribution in [0.5, 0.6) is 0 Å². The van der Waals surface area contributed by atoms with Crippen molar-refractivity contribution in [2.24, 2.45) is 7.05 Å². The average Bonchev–Trinajstić information content (AvgIpc) is 3.33. The smallest absolute Gasteiger partial charge is 0.340 e. The zero-order chi connectivity index (χ0) is 20.1. The van der Waals surface area contributed by atoms with Crippen LogP contribution in [-0.2, 0) is 26.1 Å². The van der Waals surface area contributed by atoms with E-state index < -0.39 is 11.7 Å². The molecule has 0 spiro atoms. The molecule has 0 amide bonds. The predicted octanol–water partition coefficient (Wildman–Crippen LogP) is 2.88. The number of imidazole rings is 1. The molecule has 0 atom stereocenters. The Hall–Kier alpha value is -2.65. The van der Waals surface area contributed by atoms with E-state index >= 15 is 0 Å². The zero-order valence-electron chi connectivity index (χ0n) is 16.1. The van der Waals surface area contributed by atoms with Gasteiger partial charge in [-0.2, -0.15) is 23.3 Å². The number of hydrogen-bond donors (Lipinski definition) is 0. The number of halogens is 3. The van der Waals surface area contributed by atoms with E-state index in [2.05, 4.69) is 25.1 Å². The van der Waals surface area contributed by atoms with E-state index in [4.69, 9.17) is 0 Å². The quantitative estimate of drug-likeness (QED) is 0.682. The van der Waals surface area contributed by atoms with Gasteiger partial charge in [0.25, 0.3) is 0 Å². The molecule has 1 fully saturated rings. The maximum atomic E-state index is 13.5. The summed E-state index contributed by atoms with van der Waals surface area (Å²) in [7, 11) is 1.81. The zero-order valence-corrected chi connectivity index (χ0v) is 16.1. The lowest BCUT2D eigenvalue weighted by molar-refractivity contribution is -0.136. The summed E-state index contributed by atoms with van der Waals surface area (Å²) >= 11 is 0. The molecule has 0 N–H and O–H groups in total. The van der Waals surface area contributed by atoms with E-state index in [1.807, 2.05) is 7.05 Å². The Morgan fingerprint density at radius 3 is 2.43 bits per heavy atom. The first kappa shape index (κ1) is 18.7. The largest absolute Gasteiger partial charge is 0.420 e. The van der Waals surface area contributed by atoms with Crippen LogP contribution in [-0.4, -0.2) is 42.5 Å². The highest BCUT2D eigenvalue weighted by molar-refractivity contribution is 5.51. The van der Waals surface area contributed by atoms with Crippen LogP contribution in [0.2, 0.25) is 0 Å². The predicted molar refractivity (Wildman–Crippen MR) is 97.3 cm³/mol. The van der Waals surface area contributed by atoms with Gasteiger partial charge in [-0.1, -0.05) is 0 Å². The molecule has 1 aliphatic rings. The maximum Gasteiger partial charge on any atom is 0.420 e. The Morgan fingerprint density at radius 2 is 1.75 bits per heavy atom. The van der Waals surface area contributed by atoms with Crippen LogP contribution in [0.15, 0.2) is 6.07 Å². The van der Waals surface area contributed by atoms with E-state index in [1.165, 1.54) is 4.52 Å². The minimum absolute atomic E-state index is 0.152. The van der Waals surface area contributed by atoms with Gasteiger partial charge in [-0.3, -0.25) is 4.68 Å². The van der Waals surface area contributed by atoms with E-state index in [0.29, 0.717) is 35.9 Å². The third-order valence-corrected chi connectivity index (χ3v) is 5.24. The summed E-state index contributed by atoms with van der Waals surface area (Å²) in [5.41, 5.74) is 0.590. The van der Waals surface area contributed by atoms with Crippen molar-refractivity contribution in [2.45, 2.75) is 45.7 Å². The maximum absolute atomic E-state index is 13.5. The molecule has 0 bridgehead atoms. The molecule has 0 aliphatic carbocycles. The third kappa shape index (κ3) is 3.31. The van der Waals surface area contributed by atoms with Crippen LogP contribution in [0.1, 0.15) is 41.3 Å². The van der Waals surface area contributed by atoms with Gasteiger partial charge in [-0.15, -0.1) is 5.10 Å². The van der Waals surface area contributed by atoms with Crippen molar-refractivity contribution in [3.05, 3.63) is 34.5 Å². The second-order valence-electron chi connectivity index (χ2n) is 7.21. The molecular formula is C18H22F3N7. The second kappa shape index (κ2) is 6.75. The summed E-state index contributed by atoms with van der Waals surface area (Å²) in [6.07, 6.45) is -1.44. The van der Waals surface area contributed by atoms with Gasteiger partial charge in [0.1, 0.15) is 11.4 Å². The monoisotopic (exact) mass is 393 g/mol. The molecule has 28 heavy (non-hydrogen) atoms. The normalized spacial score (nSPS) is 15.1. The number of rotatable bonds is 4. The molecule has 7 nitrogen and oxygen atoms in total. The molecule has 1 aliphatic heterocycles. The standard InChI is InChI=1S/C18H22F3N7/c1-11-12(2)28-16(22-11)14(18(19,20)21)10-13(24-28)6-7-15-23-17(25-26(15)3)27-8-4-5-9-27/h10H,4-9H2,1-3H3. The number of fused-ring (bicyclic) bond motifs is 1. The highest BCUT2D eigenvalue weighted by atomic mass is 19.4.